The van der Waals surface area contributed by atoms with E-state index in [1.54, 1.807) is 0 Å². The number of carbonyl (C=O) groups is 2. The van der Waals surface area contributed by atoms with Crippen molar-refractivity contribution >= 4 is 11.8 Å². The summed E-state index contributed by atoms with van der Waals surface area (Å²) >= 11 is 0. The molecule has 3 N–H and O–H groups in total. The van der Waals surface area contributed by atoms with E-state index in [4.69, 9.17) is 5.73 Å². The highest BCUT2D eigenvalue weighted by atomic mass is 16.2. The van der Waals surface area contributed by atoms with Crippen molar-refractivity contribution in [3.63, 3.8) is 0 Å². The van der Waals surface area contributed by atoms with Gasteiger partial charge in [-0.15, -0.1) is 0 Å². The van der Waals surface area contributed by atoms with Crippen LogP contribution in [0.1, 0.15) is 18.4 Å². The van der Waals surface area contributed by atoms with Crippen molar-refractivity contribution in [2.75, 3.05) is 13.1 Å². The molecule has 0 aromatic heterocycles. The van der Waals surface area contributed by atoms with Crippen LogP contribution in [0, 0.1) is 0 Å². The number of hydrogen-bond acceptors (Lipinski definition) is 3. The fourth-order valence-electron chi connectivity index (χ4n) is 2.11. The number of benzene rings is 1. The molecule has 0 spiro atoms. The SMILES string of the molecule is NC1CCCN(C(=O)NCc2ccccc2)CC1=O. The van der Waals surface area contributed by atoms with Gasteiger partial charge in [0.25, 0.3) is 0 Å². The number of carbonyl (C=O) groups excluding carboxylic acids is 2. The zero-order valence-electron chi connectivity index (χ0n) is 10.8. The quantitative estimate of drug-likeness (QED) is 0.830. The number of nitrogens with zero attached hydrogens (tertiary/aromatic N) is 1. The van der Waals surface area contributed by atoms with E-state index in [1.165, 1.54) is 4.90 Å². The highest BCUT2D eigenvalue weighted by Gasteiger charge is 2.24. The van der Waals surface area contributed by atoms with Crippen LogP contribution in [0.25, 0.3) is 0 Å². The smallest absolute Gasteiger partial charge is 0.318 e. The van der Waals surface area contributed by atoms with Crippen LogP contribution in [0.3, 0.4) is 0 Å². The molecule has 19 heavy (non-hydrogen) atoms. The van der Waals surface area contributed by atoms with E-state index < -0.39 is 6.04 Å². The van der Waals surface area contributed by atoms with Crippen molar-refractivity contribution in [3.05, 3.63) is 35.9 Å². The van der Waals surface area contributed by atoms with Gasteiger partial charge >= 0.3 is 6.03 Å². The normalized spacial score (nSPS) is 19.9. The summed E-state index contributed by atoms with van der Waals surface area (Å²) in [5, 5.41) is 2.83. The molecule has 102 valence electrons. The summed E-state index contributed by atoms with van der Waals surface area (Å²) in [7, 11) is 0. The summed E-state index contributed by atoms with van der Waals surface area (Å²) in [4.78, 5) is 25.2. The van der Waals surface area contributed by atoms with Crippen LogP contribution in [0.5, 0.6) is 0 Å². The summed E-state index contributed by atoms with van der Waals surface area (Å²) in [5.74, 6) is -0.0626. The van der Waals surface area contributed by atoms with Crippen LogP contribution < -0.4 is 11.1 Å². The number of amides is 2. The molecule has 5 heteroatoms. The van der Waals surface area contributed by atoms with Crippen molar-refractivity contribution in [2.24, 2.45) is 5.73 Å². The first kappa shape index (κ1) is 13.5. The van der Waals surface area contributed by atoms with E-state index in [9.17, 15) is 9.59 Å². The van der Waals surface area contributed by atoms with Crippen molar-refractivity contribution in [3.8, 4) is 0 Å². The first-order chi connectivity index (χ1) is 9.16. The Labute approximate surface area is 112 Å². The number of Topliss-reactive ketones (excluding diaryl/α,β-unsaturated/α-hetero) is 1. The molecule has 0 saturated carbocycles. The predicted molar refractivity (Wildman–Crippen MR) is 72.5 cm³/mol. The van der Waals surface area contributed by atoms with Gasteiger partial charge in [-0.2, -0.15) is 0 Å². The minimum atomic E-state index is -0.424. The second-order valence-corrected chi connectivity index (χ2v) is 4.78. The average Bonchev–Trinajstić information content (AvgIpc) is 2.60. The molecule has 1 saturated heterocycles. The molecule has 1 heterocycles. The fraction of sp³-hybridized carbons (Fsp3) is 0.429. The molecule has 2 amide bonds. The van der Waals surface area contributed by atoms with Gasteiger partial charge in [-0.3, -0.25) is 4.79 Å². The van der Waals surface area contributed by atoms with E-state index >= 15 is 0 Å². The number of ketones is 1. The molecular formula is C14H19N3O2. The van der Waals surface area contributed by atoms with Crippen LogP contribution >= 0.6 is 0 Å². The zero-order chi connectivity index (χ0) is 13.7. The lowest BCUT2D eigenvalue weighted by molar-refractivity contribution is -0.120. The highest BCUT2D eigenvalue weighted by molar-refractivity contribution is 5.89. The molecule has 0 aliphatic carbocycles. The Balaban J connectivity index is 1.87. The first-order valence-corrected chi connectivity index (χ1v) is 6.52. The predicted octanol–water partition coefficient (Wildman–Crippen LogP) is 0.888. The summed E-state index contributed by atoms with van der Waals surface area (Å²) in [6.45, 7) is 1.16. The lowest BCUT2D eigenvalue weighted by atomic mass is 10.1. The standard InChI is InChI=1S/C14H19N3O2/c15-12-7-4-8-17(10-13(12)18)14(19)16-9-11-5-2-1-3-6-11/h1-3,5-6,12H,4,7-10,15H2,(H,16,19). The zero-order valence-corrected chi connectivity index (χ0v) is 10.8. The molecule has 1 fully saturated rings. The fourth-order valence-corrected chi connectivity index (χ4v) is 2.11. The molecule has 1 aromatic carbocycles. The molecule has 1 aromatic rings. The van der Waals surface area contributed by atoms with E-state index in [0.29, 0.717) is 19.5 Å². The topological polar surface area (TPSA) is 75.4 Å². The van der Waals surface area contributed by atoms with Gasteiger partial charge in [0.15, 0.2) is 5.78 Å². The minimum Gasteiger partial charge on any atom is -0.334 e. The lowest BCUT2D eigenvalue weighted by Gasteiger charge is -2.20. The average molecular weight is 261 g/mol. The Morgan fingerprint density at radius 3 is 2.84 bits per heavy atom. The van der Waals surface area contributed by atoms with Gasteiger partial charge in [-0.25, -0.2) is 4.79 Å². The van der Waals surface area contributed by atoms with Gasteiger partial charge in [-0.1, -0.05) is 30.3 Å². The molecule has 1 aliphatic heterocycles. The number of nitrogens with one attached hydrogen (secondary N) is 1. The van der Waals surface area contributed by atoms with Gasteiger partial charge in [0.2, 0.25) is 0 Å². The summed E-state index contributed by atoms with van der Waals surface area (Å²) in [6, 6.07) is 9.05. The van der Waals surface area contributed by atoms with Gasteiger partial charge in [0.1, 0.15) is 0 Å². The summed E-state index contributed by atoms with van der Waals surface area (Å²) in [5.41, 5.74) is 6.73. The van der Waals surface area contributed by atoms with Crippen LogP contribution in [-0.4, -0.2) is 35.8 Å². The van der Waals surface area contributed by atoms with Crippen molar-refractivity contribution < 1.29 is 9.59 Å². The third kappa shape index (κ3) is 3.79. The minimum absolute atomic E-state index is 0.0626. The summed E-state index contributed by atoms with van der Waals surface area (Å²) in [6.07, 6.45) is 1.42. The van der Waals surface area contributed by atoms with Crippen molar-refractivity contribution in [2.45, 2.75) is 25.4 Å². The Morgan fingerprint density at radius 1 is 1.37 bits per heavy atom. The molecule has 1 aliphatic rings. The number of hydrogen-bond donors (Lipinski definition) is 2. The lowest BCUT2D eigenvalue weighted by Crippen LogP contribution is -2.44. The summed E-state index contributed by atoms with van der Waals surface area (Å²) < 4.78 is 0. The van der Waals surface area contributed by atoms with Crippen LogP contribution in [0.2, 0.25) is 0 Å². The van der Waals surface area contributed by atoms with Crippen LogP contribution in [0.15, 0.2) is 30.3 Å². The molecule has 0 bridgehead atoms. The number of urea groups is 1. The number of nitrogens with two attached hydrogens (primary N) is 1. The van der Waals surface area contributed by atoms with E-state index in [0.717, 1.165) is 12.0 Å². The van der Waals surface area contributed by atoms with Gasteiger partial charge in [0, 0.05) is 13.1 Å². The maximum Gasteiger partial charge on any atom is 0.318 e. The van der Waals surface area contributed by atoms with Crippen LogP contribution in [0.4, 0.5) is 4.79 Å². The first-order valence-electron chi connectivity index (χ1n) is 6.52. The molecular weight excluding hydrogens is 242 g/mol. The molecule has 5 nitrogen and oxygen atoms in total. The number of likely N-dealkylation sites (tertiary alicyclic amines) is 1. The molecule has 2 rings (SSSR count). The van der Waals surface area contributed by atoms with Crippen LogP contribution in [-0.2, 0) is 11.3 Å². The molecule has 1 unspecified atom stereocenters. The van der Waals surface area contributed by atoms with Crippen molar-refractivity contribution in [1.29, 1.82) is 0 Å². The Hall–Kier alpha value is -1.88. The van der Waals surface area contributed by atoms with E-state index in [-0.39, 0.29) is 18.4 Å². The van der Waals surface area contributed by atoms with E-state index in [2.05, 4.69) is 5.32 Å². The largest absolute Gasteiger partial charge is 0.334 e. The second-order valence-electron chi connectivity index (χ2n) is 4.78. The van der Waals surface area contributed by atoms with Gasteiger partial charge in [0.05, 0.1) is 12.6 Å². The second kappa shape index (κ2) is 6.33. The number of rotatable bonds is 2. The third-order valence-electron chi connectivity index (χ3n) is 3.28. The maximum absolute atomic E-state index is 12.0. The highest BCUT2D eigenvalue weighted by Crippen LogP contribution is 2.07. The maximum atomic E-state index is 12.0. The van der Waals surface area contributed by atoms with Gasteiger partial charge in [-0.05, 0) is 18.4 Å². The van der Waals surface area contributed by atoms with E-state index in [1.807, 2.05) is 30.3 Å². The van der Waals surface area contributed by atoms with Gasteiger partial charge < -0.3 is 16.0 Å². The Morgan fingerprint density at radius 2 is 2.11 bits per heavy atom. The van der Waals surface area contributed by atoms with Crippen molar-refractivity contribution in [1.82, 2.24) is 10.2 Å². The Kier molecular flexibility index (Phi) is 4.52. The Bertz CT molecular complexity index is 447. The third-order valence-corrected chi connectivity index (χ3v) is 3.28. The molecule has 0 radical (unpaired) electrons. The molecule has 1 atom stereocenters. The monoisotopic (exact) mass is 261 g/mol.